The second-order valence-corrected chi connectivity index (χ2v) is 5.47. The number of hydrogen-bond acceptors (Lipinski definition) is 1. The van der Waals surface area contributed by atoms with E-state index in [4.69, 9.17) is 0 Å². The molecule has 1 saturated heterocycles. The Morgan fingerprint density at radius 2 is 1.73 bits per heavy atom. The van der Waals surface area contributed by atoms with Crippen molar-refractivity contribution in [3.8, 4) is 11.8 Å². The minimum Gasteiger partial charge on any atom is -0.292 e. The molecule has 1 aliphatic heterocycles. The van der Waals surface area contributed by atoms with Gasteiger partial charge in [0.25, 0.3) is 0 Å². The molecule has 0 bridgehead atoms. The Morgan fingerprint density at radius 3 is 2.27 bits per heavy atom. The highest BCUT2D eigenvalue weighted by molar-refractivity contribution is 5.04. The molecule has 0 amide bonds. The molecule has 0 aromatic rings. The largest absolute Gasteiger partial charge is 0.292 e. The van der Waals surface area contributed by atoms with Gasteiger partial charge in [-0.1, -0.05) is 38.5 Å². The van der Waals surface area contributed by atoms with E-state index in [1.54, 1.807) is 0 Å². The van der Waals surface area contributed by atoms with Crippen molar-refractivity contribution in [1.29, 1.82) is 0 Å². The van der Waals surface area contributed by atoms with Crippen LogP contribution < -0.4 is 0 Å². The molecule has 0 spiro atoms. The number of fused-ring (bicyclic) bond motifs is 1. The van der Waals surface area contributed by atoms with E-state index < -0.39 is 0 Å². The molecular formula is C14H23N. The molecule has 0 radical (unpaired) electrons. The van der Waals surface area contributed by atoms with Crippen LogP contribution in [-0.4, -0.2) is 24.5 Å². The van der Waals surface area contributed by atoms with Crippen LogP contribution in [0.5, 0.6) is 0 Å². The highest BCUT2D eigenvalue weighted by Gasteiger charge is 2.33. The summed E-state index contributed by atoms with van der Waals surface area (Å²) in [6, 6.07) is 0. The van der Waals surface area contributed by atoms with Crippen LogP contribution in [0.3, 0.4) is 0 Å². The Labute approximate surface area is 94.2 Å². The molecule has 2 fully saturated rings. The average molecular weight is 205 g/mol. The van der Waals surface area contributed by atoms with Crippen LogP contribution >= 0.6 is 0 Å². The van der Waals surface area contributed by atoms with Gasteiger partial charge in [-0.05, 0) is 24.7 Å². The van der Waals surface area contributed by atoms with Crippen LogP contribution in [0.1, 0.15) is 39.5 Å². The first kappa shape index (κ1) is 11.0. The average Bonchev–Trinajstić information content (AvgIpc) is 2.59. The first-order valence-corrected chi connectivity index (χ1v) is 6.46. The Hall–Kier alpha value is -0.480. The van der Waals surface area contributed by atoms with Crippen LogP contribution in [0.25, 0.3) is 0 Å². The summed E-state index contributed by atoms with van der Waals surface area (Å²) in [4.78, 5) is 2.57. The van der Waals surface area contributed by atoms with Gasteiger partial charge in [-0.25, -0.2) is 0 Å². The lowest BCUT2D eigenvalue weighted by Crippen LogP contribution is -2.21. The van der Waals surface area contributed by atoms with Crippen molar-refractivity contribution in [1.82, 2.24) is 4.90 Å². The van der Waals surface area contributed by atoms with Gasteiger partial charge in [0.1, 0.15) is 0 Å². The maximum Gasteiger partial charge on any atom is 0.0601 e. The van der Waals surface area contributed by atoms with Crippen LogP contribution in [0, 0.1) is 29.6 Å². The Kier molecular flexibility index (Phi) is 3.70. The van der Waals surface area contributed by atoms with Gasteiger partial charge in [0, 0.05) is 19.0 Å². The van der Waals surface area contributed by atoms with Crippen molar-refractivity contribution >= 4 is 0 Å². The third kappa shape index (κ3) is 2.98. The van der Waals surface area contributed by atoms with Crippen molar-refractivity contribution < 1.29 is 0 Å². The van der Waals surface area contributed by atoms with Crippen molar-refractivity contribution in [2.45, 2.75) is 39.5 Å². The molecule has 1 aliphatic carbocycles. The highest BCUT2D eigenvalue weighted by Crippen LogP contribution is 2.35. The molecule has 15 heavy (non-hydrogen) atoms. The Morgan fingerprint density at radius 1 is 1.13 bits per heavy atom. The van der Waals surface area contributed by atoms with Gasteiger partial charge >= 0.3 is 0 Å². The van der Waals surface area contributed by atoms with Crippen LogP contribution in [-0.2, 0) is 0 Å². The zero-order chi connectivity index (χ0) is 10.7. The fraction of sp³-hybridized carbons (Fsp3) is 0.857. The van der Waals surface area contributed by atoms with E-state index >= 15 is 0 Å². The summed E-state index contributed by atoms with van der Waals surface area (Å²) in [5.74, 6) is 9.10. The number of hydrogen-bond donors (Lipinski definition) is 0. The standard InChI is InChI=1S/C14H23N/c1-12(2)6-5-9-15-10-13-7-3-4-8-14(13)11-15/h12-14H,3-4,7-11H2,1-2H3. The first-order valence-electron chi connectivity index (χ1n) is 6.46. The normalized spacial score (nSPS) is 31.1. The molecule has 1 heteroatoms. The fourth-order valence-corrected chi connectivity index (χ4v) is 2.99. The molecule has 2 atom stereocenters. The van der Waals surface area contributed by atoms with Gasteiger partial charge in [0.15, 0.2) is 0 Å². The molecule has 2 rings (SSSR count). The van der Waals surface area contributed by atoms with Crippen LogP contribution in [0.15, 0.2) is 0 Å². The van der Waals surface area contributed by atoms with Gasteiger partial charge in [0.05, 0.1) is 6.54 Å². The smallest absolute Gasteiger partial charge is 0.0601 e. The van der Waals surface area contributed by atoms with Crippen molar-refractivity contribution in [2.75, 3.05) is 19.6 Å². The summed E-state index contributed by atoms with van der Waals surface area (Å²) in [5, 5.41) is 0. The summed E-state index contributed by atoms with van der Waals surface area (Å²) in [5.41, 5.74) is 0. The van der Waals surface area contributed by atoms with E-state index in [1.807, 2.05) is 0 Å². The topological polar surface area (TPSA) is 3.24 Å². The van der Waals surface area contributed by atoms with Gasteiger partial charge in [-0.2, -0.15) is 0 Å². The minimum atomic E-state index is 0.523. The summed E-state index contributed by atoms with van der Waals surface area (Å²) in [7, 11) is 0. The van der Waals surface area contributed by atoms with E-state index in [1.165, 1.54) is 38.8 Å². The third-order valence-corrected chi connectivity index (χ3v) is 3.75. The van der Waals surface area contributed by atoms with Crippen molar-refractivity contribution in [3.05, 3.63) is 0 Å². The lowest BCUT2D eigenvalue weighted by Gasteiger charge is -2.23. The summed E-state index contributed by atoms with van der Waals surface area (Å²) < 4.78 is 0. The van der Waals surface area contributed by atoms with Gasteiger partial charge < -0.3 is 0 Å². The SMILES string of the molecule is CC(C)C#CCN1CC2CCCCC2C1. The molecular weight excluding hydrogens is 182 g/mol. The van der Waals surface area contributed by atoms with Crippen LogP contribution in [0.2, 0.25) is 0 Å². The maximum atomic E-state index is 3.31. The van der Waals surface area contributed by atoms with Gasteiger partial charge in [0.2, 0.25) is 0 Å². The number of rotatable bonds is 1. The second-order valence-electron chi connectivity index (χ2n) is 5.47. The Balaban J connectivity index is 1.80. The van der Waals surface area contributed by atoms with Gasteiger partial charge in [-0.3, -0.25) is 4.90 Å². The quantitative estimate of drug-likeness (QED) is 0.595. The molecule has 1 saturated carbocycles. The number of nitrogens with zero attached hydrogens (tertiary/aromatic N) is 1. The lowest BCUT2D eigenvalue weighted by atomic mass is 9.82. The van der Waals surface area contributed by atoms with E-state index in [9.17, 15) is 0 Å². The second kappa shape index (κ2) is 5.03. The zero-order valence-electron chi connectivity index (χ0n) is 10.1. The van der Waals surface area contributed by atoms with Crippen molar-refractivity contribution in [2.24, 2.45) is 17.8 Å². The summed E-state index contributed by atoms with van der Waals surface area (Å²) >= 11 is 0. The lowest BCUT2D eigenvalue weighted by molar-refractivity contribution is 0.299. The van der Waals surface area contributed by atoms with Crippen molar-refractivity contribution in [3.63, 3.8) is 0 Å². The molecule has 2 unspecified atom stereocenters. The maximum absolute atomic E-state index is 3.31. The van der Waals surface area contributed by atoms with E-state index in [2.05, 4.69) is 30.6 Å². The minimum absolute atomic E-state index is 0.523. The monoisotopic (exact) mass is 205 g/mol. The third-order valence-electron chi connectivity index (χ3n) is 3.75. The van der Waals surface area contributed by atoms with E-state index in [0.717, 1.165) is 18.4 Å². The van der Waals surface area contributed by atoms with Gasteiger partial charge in [-0.15, -0.1) is 0 Å². The molecule has 0 aromatic heterocycles. The predicted octanol–water partition coefficient (Wildman–Crippen LogP) is 2.77. The summed E-state index contributed by atoms with van der Waals surface area (Å²) in [6.07, 6.45) is 5.87. The molecule has 84 valence electrons. The molecule has 2 aliphatic rings. The van der Waals surface area contributed by atoms with E-state index in [-0.39, 0.29) is 0 Å². The molecule has 1 heterocycles. The molecule has 0 aromatic carbocycles. The Bertz CT molecular complexity index is 244. The predicted molar refractivity (Wildman–Crippen MR) is 64.5 cm³/mol. The highest BCUT2D eigenvalue weighted by atomic mass is 15.1. The summed E-state index contributed by atoms with van der Waals surface area (Å²) in [6.45, 7) is 7.97. The fourth-order valence-electron chi connectivity index (χ4n) is 2.99. The molecule has 0 N–H and O–H groups in total. The van der Waals surface area contributed by atoms with Crippen LogP contribution in [0.4, 0.5) is 0 Å². The number of likely N-dealkylation sites (tertiary alicyclic amines) is 1. The first-order chi connectivity index (χ1) is 7.25. The van der Waals surface area contributed by atoms with E-state index in [0.29, 0.717) is 5.92 Å². The molecule has 1 nitrogen and oxygen atoms in total. The zero-order valence-corrected chi connectivity index (χ0v) is 10.1.